The molecule has 2 aliphatic rings. The van der Waals surface area contributed by atoms with Gasteiger partial charge in [0.05, 0.1) is 4.90 Å². The molecular formula is C18H22N4O3S. The highest BCUT2D eigenvalue weighted by Gasteiger charge is 2.48. The van der Waals surface area contributed by atoms with Crippen molar-refractivity contribution in [3.8, 4) is 0 Å². The maximum absolute atomic E-state index is 13.1. The summed E-state index contributed by atoms with van der Waals surface area (Å²) < 4.78 is 28.9. The number of amides is 1. The first-order chi connectivity index (χ1) is 12.5. The summed E-state index contributed by atoms with van der Waals surface area (Å²) in [6.45, 7) is 2.15. The molecule has 8 heteroatoms. The molecule has 2 aliphatic heterocycles. The van der Waals surface area contributed by atoms with Crippen molar-refractivity contribution in [1.29, 1.82) is 0 Å². The molecular weight excluding hydrogens is 352 g/mol. The smallest absolute Gasteiger partial charge is 0.250 e. The van der Waals surface area contributed by atoms with E-state index in [2.05, 4.69) is 5.10 Å². The van der Waals surface area contributed by atoms with Crippen LogP contribution < -0.4 is 0 Å². The molecule has 2 fully saturated rings. The van der Waals surface area contributed by atoms with Crippen molar-refractivity contribution in [1.82, 2.24) is 19.0 Å². The Balaban J connectivity index is 1.59. The van der Waals surface area contributed by atoms with Crippen LogP contribution in [0.25, 0.3) is 0 Å². The van der Waals surface area contributed by atoms with Crippen LogP contribution in [-0.2, 0) is 20.4 Å². The lowest BCUT2D eigenvalue weighted by molar-refractivity contribution is -0.147. The first-order valence-electron chi connectivity index (χ1n) is 8.89. The molecule has 4 rings (SSSR count). The average Bonchev–Trinajstić information content (AvgIpc) is 3.16. The van der Waals surface area contributed by atoms with Crippen LogP contribution in [0.1, 0.15) is 19.3 Å². The summed E-state index contributed by atoms with van der Waals surface area (Å²) >= 11 is 0. The predicted octanol–water partition coefficient (Wildman–Crippen LogP) is 1.30. The molecule has 2 saturated heterocycles. The van der Waals surface area contributed by atoms with Gasteiger partial charge >= 0.3 is 0 Å². The number of benzene rings is 1. The van der Waals surface area contributed by atoms with Gasteiger partial charge in [-0.2, -0.15) is 9.40 Å². The number of piperidine rings is 1. The zero-order valence-electron chi connectivity index (χ0n) is 14.5. The molecule has 0 saturated carbocycles. The molecule has 1 aromatic heterocycles. The third-order valence-corrected chi connectivity index (χ3v) is 7.33. The molecule has 0 radical (unpaired) electrons. The van der Waals surface area contributed by atoms with E-state index < -0.39 is 15.6 Å². The number of nitrogens with zero attached hydrogens (tertiary/aromatic N) is 4. The molecule has 26 heavy (non-hydrogen) atoms. The van der Waals surface area contributed by atoms with Gasteiger partial charge in [-0.15, -0.1) is 0 Å². The van der Waals surface area contributed by atoms with E-state index in [0.717, 1.165) is 19.5 Å². The lowest BCUT2D eigenvalue weighted by Gasteiger charge is -2.45. The SMILES string of the molecule is O=C(N1CCC1)C1(n2cccn2)CCN(S(=O)(=O)c2ccccc2)CC1. The standard InChI is InChI=1S/C18H22N4O3S/c23-17(20-11-5-12-20)18(22-13-4-10-19-22)8-14-21(15-9-18)26(24,25)16-6-2-1-3-7-16/h1-4,6-7,10,13H,5,8-9,11-12,14-15H2. The summed E-state index contributed by atoms with van der Waals surface area (Å²) in [4.78, 5) is 15.3. The summed E-state index contributed by atoms with van der Waals surface area (Å²) in [6.07, 6.45) is 5.35. The Morgan fingerprint density at radius 2 is 1.69 bits per heavy atom. The lowest BCUT2D eigenvalue weighted by Crippen LogP contribution is -2.59. The zero-order valence-corrected chi connectivity index (χ0v) is 15.3. The van der Waals surface area contributed by atoms with Crippen LogP contribution in [0.5, 0.6) is 0 Å². The second kappa shape index (κ2) is 6.51. The third kappa shape index (κ3) is 2.73. The van der Waals surface area contributed by atoms with Crippen molar-refractivity contribution < 1.29 is 13.2 Å². The van der Waals surface area contributed by atoms with E-state index in [-0.39, 0.29) is 5.91 Å². The van der Waals surface area contributed by atoms with E-state index in [9.17, 15) is 13.2 Å². The fraction of sp³-hybridized carbons (Fsp3) is 0.444. The Kier molecular flexibility index (Phi) is 4.32. The van der Waals surface area contributed by atoms with Crippen LogP contribution in [-0.4, -0.2) is 59.5 Å². The number of rotatable bonds is 4. The van der Waals surface area contributed by atoms with E-state index in [4.69, 9.17) is 0 Å². The fourth-order valence-corrected chi connectivity index (χ4v) is 5.18. The number of sulfonamides is 1. The number of carbonyl (C=O) groups excluding carboxylic acids is 1. The van der Waals surface area contributed by atoms with Gasteiger partial charge in [0.2, 0.25) is 10.0 Å². The first kappa shape index (κ1) is 17.2. The predicted molar refractivity (Wildman–Crippen MR) is 95.8 cm³/mol. The van der Waals surface area contributed by atoms with Crippen molar-refractivity contribution in [2.45, 2.75) is 29.7 Å². The van der Waals surface area contributed by atoms with Gasteiger partial charge in [-0.25, -0.2) is 8.42 Å². The second-order valence-electron chi connectivity index (χ2n) is 6.85. The van der Waals surface area contributed by atoms with Crippen LogP contribution in [0.4, 0.5) is 0 Å². The number of carbonyl (C=O) groups is 1. The minimum absolute atomic E-state index is 0.0595. The molecule has 0 spiro atoms. The molecule has 1 amide bonds. The van der Waals surface area contributed by atoms with Crippen molar-refractivity contribution >= 4 is 15.9 Å². The number of hydrogen-bond acceptors (Lipinski definition) is 4. The molecule has 0 N–H and O–H groups in total. The monoisotopic (exact) mass is 374 g/mol. The summed E-state index contributed by atoms with van der Waals surface area (Å²) in [6, 6.07) is 10.3. The van der Waals surface area contributed by atoms with Gasteiger partial charge in [0.1, 0.15) is 5.54 Å². The van der Waals surface area contributed by atoms with E-state index >= 15 is 0 Å². The van der Waals surface area contributed by atoms with Crippen LogP contribution >= 0.6 is 0 Å². The maximum atomic E-state index is 13.1. The second-order valence-corrected chi connectivity index (χ2v) is 8.78. The van der Waals surface area contributed by atoms with Crippen molar-refractivity contribution in [3.63, 3.8) is 0 Å². The summed E-state index contributed by atoms with van der Waals surface area (Å²) in [5.74, 6) is 0.0595. The maximum Gasteiger partial charge on any atom is 0.250 e. The van der Waals surface area contributed by atoms with E-state index in [1.807, 2.05) is 4.90 Å². The fourth-order valence-electron chi connectivity index (χ4n) is 3.71. The van der Waals surface area contributed by atoms with Gasteiger partial charge in [-0.1, -0.05) is 18.2 Å². The van der Waals surface area contributed by atoms with Crippen molar-refractivity contribution in [3.05, 3.63) is 48.8 Å². The summed E-state index contributed by atoms with van der Waals surface area (Å²) in [5, 5.41) is 4.32. The number of hydrogen-bond donors (Lipinski definition) is 0. The molecule has 0 aliphatic carbocycles. The molecule has 2 aromatic rings. The quantitative estimate of drug-likeness (QED) is 0.808. The van der Waals surface area contributed by atoms with Gasteiger partial charge in [0, 0.05) is 38.6 Å². The summed E-state index contributed by atoms with van der Waals surface area (Å²) in [5.41, 5.74) is -0.785. The molecule has 0 bridgehead atoms. The van der Waals surface area contributed by atoms with Gasteiger partial charge in [-0.05, 0) is 37.5 Å². The lowest BCUT2D eigenvalue weighted by atomic mass is 9.86. The molecule has 3 heterocycles. The molecule has 0 atom stereocenters. The van der Waals surface area contributed by atoms with E-state index in [1.54, 1.807) is 53.5 Å². The minimum Gasteiger partial charge on any atom is -0.340 e. The Bertz CT molecular complexity index is 868. The average molecular weight is 374 g/mol. The Morgan fingerprint density at radius 1 is 1.00 bits per heavy atom. The van der Waals surface area contributed by atoms with Gasteiger partial charge in [-0.3, -0.25) is 9.48 Å². The van der Waals surface area contributed by atoms with Crippen molar-refractivity contribution in [2.24, 2.45) is 0 Å². The zero-order chi connectivity index (χ0) is 18.2. The van der Waals surface area contributed by atoms with Crippen molar-refractivity contribution in [2.75, 3.05) is 26.2 Å². The van der Waals surface area contributed by atoms with Crippen LogP contribution in [0.3, 0.4) is 0 Å². The highest BCUT2D eigenvalue weighted by Crippen LogP contribution is 2.35. The van der Waals surface area contributed by atoms with Crippen LogP contribution in [0.15, 0.2) is 53.7 Å². The van der Waals surface area contributed by atoms with Crippen LogP contribution in [0, 0.1) is 0 Å². The molecule has 7 nitrogen and oxygen atoms in total. The molecule has 138 valence electrons. The Labute approximate surface area is 153 Å². The highest BCUT2D eigenvalue weighted by atomic mass is 32.2. The van der Waals surface area contributed by atoms with E-state index in [0.29, 0.717) is 30.8 Å². The van der Waals surface area contributed by atoms with E-state index in [1.165, 1.54) is 4.31 Å². The topological polar surface area (TPSA) is 75.5 Å². The van der Waals surface area contributed by atoms with Gasteiger partial charge in [0.25, 0.3) is 5.91 Å². The van der Waals surface area contributed by atoms with Crippen LogP contribution in [0.2, 0.25) is 0 Å². The van der Waals surface area contributed by atoms with Gasteiger partial charge in [0.15, 0.2) is 0 Å². The Morgan fingerprint density at radius 3 is 2.23 bits per heavy atom. The normalized spacial score (nSPS) is 20.5. The summed E-state index contributed by atoms with van der Waals surface area (Å²) in [7, 11) is -3.54. The highest BCUT2D eigenvalue weighted by molar-refractivity contribution is 7.89. The first-order valence-corrected chi connectivity index (χ1v) is 10.3. The third-order valence-electron chi connectivity index (χ3n) is 5.41. The number of likely N-dealkylation sites (tertiary alicyclic amines) is 1. The largest absolute Gasteiger partial charge is 0.340 e. The minimum atomic E-state index is -3.54. The van der Waals surface area contributed by atoms with Gasteiger partial charge < -0.3 is 4.90 Å². The number of aromatic nitrogens is 2. The Hall–Kier alpha value is -2.19. The molecule has 1 aromatic carbocycles. The molecule has 0 unspecified atom stereocenters.